The summed E-state index contributed by atoms with van der Waals surface area (Å²) < 4.78 is 10.1. The molecule has 9 heterocycles. The number of carboxylic acids is 7. The molecule has 0 radical (unpaired) electrons. The van der Waals surface area contributed by atoms with Gasteiger partial charge in [0, 0.05) is 172 Å². The second kappa shape index (κ2) is 48.7. The number of aromatic carboxylic acids is 7. The summed E-state index contributed by atoms with van der Waals surface area (Å²) in [5, 5.41) is 86.2. The number of carbonyl (C=O) groups is 8. The van der Waals surface area contributed by atoms with Gasteiger partial charge in [0.05, 0.1) is 61.0 Å². The summed E-state index contributed by atoms with van der Waals surface area (Å²) in [4.78, 5) is 103. The van der Waals surface area contributed by atoms with Crippen LogP contribution in [0.1, 0.15) is 344 Å². The number of aliphatic hydroxyl groups excluding tert-OH is 1. The van der Waals surface area contributed by atoms with E-state index in [9.17, 15) is 53.7 Å². The third kappa shape index (κ3) is 26.5. The molecule has 0 aliphatic carbocycles. The van der Waals surface area contributed by atoms with Crippen LogP contribution in [0.2, 0.25) is 0 Å². The molecular weight excluding hydrogens is 1830 g/mol. The Morgan fingerprint density at radius 2 is 0.876 bits per heavy atom. The fourth-order valence-electron chi connectivity index (χ4n) is 17.5. The second-order valence-corrected chi connectivity index (χ2v) is 38.8. The summed E-state index contributed by atoms with van der Waals surface area (Å²) in [6.45, 7) is 51.9. The molecular formula is C119H136N10O16. The highest BCUT2D eigenvalue weighted by Crippen LogP contribution is 2.37. The van der Waals surface area contributed by atoms with Gasteiger partial charge in [0.1, 0.15) is 11.5 Å². The van der Waals surface area contributed by atoms with Crippen LogP contribution >= 0.6 is 0 Å². The molecule has 0 bridgehead atoms. The predicted molar refractivity (Wildman–Crippen MR) is 584 cm³/mol. The van der Waals surface area contributed by atoms with Crippen LogP contribution in [0, 0.1) is 0 Å². The Hall–Kier alpha value is -16.0. The van der Waals surface area contributed by atoms with Crippen LogP contribution < -0.4 is 0 Å². The van der Waals surface area contributed by atoms with Gasteiger partial charge in [-0.15, -0.1) is 0 Å². The monoisotopic (exact) mass is 1960 g/mol. The second-order valence-electron chi connectivity index (χ2n) is 38.8. The van der Waals surface area contributed by atoms with E-state index in [1.54, 1.807) is 89.7 Å². The van der Waals surface area contributed by atoms with E-state index in [1.165, 1.54) is 35.3 Å². The van der Waals surface area contributed by atoms with Gasteiger partial charge in [-0.25, -0.2) is 38.5 Å². The van der Waals surface area contributed by atoms with Crippen molar-refractivity contribution >= 4 is 151 Å². The molecule has 0 saturated carbocycles. The third-order valence-corrected chi connectivity index (χ3v) is 25.5. The van der Waals surface area contributed by atoms with Gasteiger partial charge in [-0.1, -0.05) is 192 Å². The number of para-hydroxylation sites is 2. The number of carboxylic acid groups (broad SMARTS) is 7. The zero-order valence-electron chi connectivity index (χ0n) is 87.3. The molecule has 758 valence electrons. The fourth-order valence-corrected chi connectivity index (χ4v) is 17.5. The normalized spacial score (nSPS) is 11.2. The summed E-state index contributed by atoms with van der Waals surface area (Å²) in [5.41, 5.74) is 22.6. The van der Waals surface area contributed by atoms with Gasteiger partial charge in [-0.3, -0.25) is 14.5 Å². The van der Waals surface area contributed by atoms with Crippen LogP contribution in [0.15, 0.2) is 232 Å². The van der Waals surface area contributed by atoms with E-state index >= 15 is 0 Å². The number of nitrogens with one attached hydrogen (secondary N) is 2. The number of pyridine rings is 2. The largest absolute Gasteiger partial charge is 0.508 e. The number of aliphatic hydroxyl groups is 1. The van der Waals surface area contributed by atoms with Gasteiger partial charge >= 0.3 is 41.8 Å². The highest BCUT2D eigenvalue weighted by atomic mass is 16.4. The van der Waals surface area contributed by atoms with Gasteiger partial charge in [-0.05, 0) is 239 Å². The summed E-state index contributed by atoms with van der Waals surface area (Å²) in [7, 11) is 3.78. The third-order valence-electron chi connectivity index (χ3n) is 25.5. The minimum atomic E-state index is -0.940. The van der Waals surface area contributed by atoms with Crippen LogP contribution in [-0.4, -0.2) is 136 Å². The zero-order chi connectivity index (χ0) is 107. The molecule has 26 nitrogen and oxygen atoms in total. The quantitative estimate of drug-likeness (QED) is 0.0236. The average Bonchev–Trinajstić information content (AvgIpc) is 1.64. The van der Waals surface area contributed by atoms with Crippen LogP contribution in [0.25, 0.3) is 104 Å². The average molecular weight is 1960 g/mol. The Balaban J connectivity index is 0.000000167. The predicted octanol–water partition coefficient (Wildman–Crippen LogP) is 29.3. The minimum Gasteiger partial charge on any atom is -0.508 e. The molecule has 0 fully saturated rings. The van der Waals surface area contributed by atoms with Crippen molar-refractivity contribution in [3.05, 3.63) is 332 Å². The number of rotatable bonds is 21. The van der Waals surface area contributed by atoms with Crippen molar-refractivity contribution in [3.63, 3.8) is 0 Å². The first-order valence-electron chi connectivity index (χ1n) is 49.0. The van der Waals surface area contributed by atoms with E-state index in [2.05, 4.69) is 207 Å². The number of ketones is 1. The first-order chi connectivity index (χ1) is 68.5. The smallest absolute Gasteiger partial charge is 0.337 e. The first kappa shape index (κ1) is 111. The van der Waals surface area contributed by atoms with E-state index in [0.29, 0.717) is 86.4 Å². The molecule has 26 heteroatoms. The number of hydrogen-bond donors (Lipinski definition) is 10. The van der Waals surface area contributed by atoms with Crippen LogP contribution in [0.3, 0.4) is 0 Å². The Bertz CT molecular complexity index is 7800. The van der Waals surface area contributed by atoms with Crippen molar-refractivity contribution in [2.75, 3.05) is 0 Å². The standard InChI is InChI=1S/C15H19NO.2C14H17NO2.C14H15NO.C13H15NO2.C13H13NO2.C12H14N2O2.2C12H13NO2/c1-5-16-9-14(11(4)17)13-8-6-7-12(10(2)3)15(13)16;1-4-15-6-5-11-12(14(16)17)7-10(9(2)3)8-13(11)15;1-4-15-8-12(9(2)3)11-6-5-10(14(16)17)7-13(11)15;1-9(2)11-4-7-14-12(8-11)5-6-13(15-14)10(3)16;1-8(2)10-7-14(3)11-6-4-5-9(12(10)11)13(15)16;1-8(2)11-5-3-4-9-6-10(13(15)16)7-14-12(9)11;1-7(2)9-4-8(12(15)16)5-11-10(9)6-14(3)13-11;1-7(2)10-5-8(12(14)15)6-11-9(10)3-4-13-11;1-7(2)8-5-10(12(14)15)9-3-4-13-11(9)6-8/h6-10,17H,4-5H2,1-3H3;2*5-9H,4H2,1-3H3,(H,16,17);4-9H,1-3H3;4-8H,1-3H3,(H,15,16);3-8H,1-2H3,(H,15,16);4-7H,1-3H3,(H,15,16);2*3-7,13H,1-2H3,(H,14,15). The summed E-state index contributed by atoms with van der Waals surface area (Å²) in [5.74, 6) is -2.64. The number of hydrogen-bond acceptors (Lipinski definition) is 12. The molecule has 145 heavy (non-hydrogen) atoms. The van der Waals surface area contributed by atoms with Crippen molar-refractivity contribution in [2.24, 2.45) is 14.1 Å². The molecule has 10 N–H and O–H groups in total. The van der Waals surface area contributed by atoms with Crippen LogP contribution in [0.5, 0.6) is 0 Å². The van der Waals surface area contributed by atoms with Crippen molar-refractivity contribution in [1.29, 1.82) is 0 Å². The lowest BCUT2D eigenvalue weighted by Gasteiger charge is -2.10. The molecule has 0 unspecified atom stereocenters. The number of carbonyl (C=O) groups excluding carboxylic acids is 1. The Kier molecular flexibility index (Phi) is 37.2. The number of aromatic nitrogens is 10. The van der Waals surface area contributed by atoms with E-state index in [-0.39, 0.29) is 23.0 Å². The maximum atomic E-state index is 11.3. The van der Waals surface area contributed by atoms with E-state index in [1.807, 2.05) is 136 Å². The molecule has 0 aliphatic rings. The molecule has 0 amide bonds. The SMILES string of the molecule is C=C(O)c1cn(CC)c2c(C(C)C)cccc12.CC(=O)c1ccc2cc(C(C)C)ccc2n1.CC(C)c1cc(C(=O)O)c2cc[nH]c2c1.CC(C)c1cc(C(=O)O)cc2[nH]ccc12.CC(C)c1cc(C(=O)O)cc2nn(C)cc12.CC(C)c1cccc2cc(C(=O)O)cnc12.CC(C)c1cn(C)c2cccc(C(=O)O)c12.CCn1cc(C(C)C)c2ccc(C(=O)O)cc21.CCn1ccc2c(C(=O)O)cc(C(C)C)cc21. The lowest BCUT2D eigenvalue weighted by molar-refractivity contribution is 0.0686. The molecule has 0 aliphatic heterocycles. The highest BCUT2D eigenvalue weighted by molar-refractivity contribution is 6.07. The number of fused-ring (bicyclic) bond motifs is 9. The van der Waals surface area contributed by atoms with Gasteiger partial charge in [0.15, 0.2) is 5.78 Å². The lowest BCUT2D eigenvalue weighted by Crippen LogP contribution is -2.01. The number of aryl methyl sites for hydroxylation is 5. The van der Waals surface area contributed by atoms with E-state index in [0.717, 1.165) is 151 Å². The van der Waals surface area contributed by atoms with Crippen LogP contribution in [-0.2, 0) is 33.7 Å². The summed E-state index contributed by atoms with van der Waals surface area (Å²) in [6, 6.07) is 54.5. The molecule has 18 rings (SSSR count). The fraction of sp³-hybridized carbons (Fsp3) is 0.303. The summed E-state index contributed by atoms with van der Waals surface area (Å²) in [6.07, 6.45) is 15.0. The van der Waals surface area contributed by atoms with Crippen molar-refractivity contribution in [2.45, 2.75) is 225 Å². The number of H-pyrrole nitrogens is 2. The number of aromatic amines is 2. The van der Waals surface area contributed by atoms with Gasteiger partial charge in [0.25, 0.3) is 0 Å². The number of Topliss-reactive ketones (excluding diaryl/α,β-unsaturated/α-hetero) is 1. The van der Waals surface area contributed by atoms with Crippen LogP contribution in [0.4, 0.5) is 0 Å². The van der Waals surface area contributed by atoms with Gasteiger partial charge in [-0.2, -0.15) is 5.10 Å². The Morgan fingerprint density at radius 1 is 0.352 bits per heavy atom. The lowest BCUT2D eigenvalue weighted by atomic mass is 9.97. The topological polar surface area (TPSA) is 393 Å². The molecule has 0 spiro atoms. The van der Waals surface area contributed by atoms with E-state index in [4.69, 9.17) is 25.5 Å². The van der Waals surface area contributed by atoms with Crippen molar-refractivity contribution in [3.8, 4) is 0 Å². The van der Waals surface area contributed by atoms with Crippen molar-refractivity contribution in [1.82, 2.24) is 48.0 Å². The minimum absolute atomic E-state index is 0.00911. The highest BCUT2D eigenvalue weighted by Gasteiger charge is 2.23. The summed E-state index contributed by atoms with van der Waals surface area (Å²) >= 11 is 0. The Labute approximate surface area is 845 Å². The number of nitrogens with zero attached hydrogens (tertiary/aromatic N) is 8. The van der Waals surface area contributed by atoms with Crippen molar-refractivity contribution < 1.29 is 79.2 Å². The van der Waals surface area contributed by atoms with Gasteiger partial charge in [0.2, 0.25) is 0 Å². The number of benzene rings is 9. The molecule has 9 aromatic heterocycles. The Morgan fingerprint density at radius 3 is 1.42 bits per heavy atom. The van der Waals surface area contributed by atoms with E-state index < -0.39 is 41.8 Å². The first-order valence-corrected chi connectivity index (χ1v) is 49.0. The molecule has 18 aromatic rings. The molecule has 9 aromatic carbocycles. The van der Waals surface area contributed by atoms with Gasteiger partial charge < -0.3 is 69.1 Å². The maximum Gasteiger partial charge on any atom is 0.337 e. The zero-order valence-corrected chi connectivity index (χ0v) is 87.3. The molecule has 0 saturated heterocycles. The molecule has 0 atom stereocenters. The maximum absolute atomic E-state index is 11.3.